The lowest BCUT2D eigenvalue weighted by atomic mass is 9.81. The van der Waals surface area contributed by atoms with E-state index in [1.165, 1.54) is 0 Å². The van der Waals surface area contributed by atoms with Gasteiger partial charge in [-0.15, -0.1) is 0 Å². The van der Waals surface area contributed by atoms with Gasteiger partial charge in [0.2, 0.25) is 5.91 Å². The summed E-state index contributed by atoms with van der Waals surface area (Å²) in [5, 5.41) is 3.05. The molecule has 1 aliphatic heterocycles. The van der Waals surface area contributed by atoms with Gasteiger partial charge < -0.3 is 11.1 Å². The molecule has 3 N–H and O–H groups in total. The van der Waals surface area contributed by atoms with E-state index in [1.54, 1.807) is 0 Å². The first-order chi connectivity index (χ1) is 8.31. The lowest BCUT2D eigenvalue weighted by Gasteiger charge is -2.31. The number of piperidine rings is 1. The van der Waals surface area contributed by atoms with Crippen molar-refractivity contribution in [3.63, 3.8) is 0 Å². The Morgan fingerprint density at radius 1 is 1.39 bits per heavy atom. The second kappa shape index (κ2) is 6.53. The van der Waals surface area contributed by atoms with E-state index < -0.39 is 0 Å². The summed E-state index contributed by atoms with van der Waals surface area (Å²) in [4.78, 5) is 14.1. The van der Waals surface area contributed by atoms with E-state index in [9.17, 15) is 4.79 Å². The average Bonchev–Trinajstić information content (AvgIpc) is 2.29. The van der Waals surface area contributed by atoms with Crippen LogP contribution in [0.15, 0.2) is 0 Å². The zero-order valence-corrected chi connectivity index (χ0v) is 12.3. The highest BCUT2D eigenvalue weighted by Crippen LogP contribution is 2.24. The molecule has 0 aromatic heterocycles. The fourth-order valence-corrected chi connectivity index (χ4v) is 1.90. The highest BCUT2D eigenvalue weighted by Gasteiger charge is 2.24. The van der Waals surface area contributed by atoms with Crippen molar-refractivity contribution in [3.05, 3.63) is 0 Å². The Morgan fingerprint density at radius 3 is 2.44 bits per heavy atom. The lowest BCUT2D eigenvalue weighted by molar-refractivity contribution is -0.123. The predicted octanol–water partition coefficient (Wildman–Crippen LogP) is 1.21. The number of hydrogen-bond acceptors (Lipinski definition) is 3. The fourth-order valence-electron chi connectivity index (χ4n) is 1.90. The molecule has 0 saturated carbocycles. The van der Waals surface area contributed by atoms with Gasteiger partial charge in [-0.05, 0) is 24.2 Å². The maximum Gasteiger partial charge on any atom is 0.234 e. The van der Waals surface area contributed by atoms with Gasteiger partial charge in [-0.25, -0.2) is 0 Å². The topological polar surface area (TPSA) is 58.4 Å². The molecule has 106 valence electrons. The van der Waals surface area contributed by atoms with Crippen LogP contribution in [-0.2, 0) is 4.79 Å². The maximum atomic E-state index is 11.9. The molecule has 4 heteroatoms. The molecule has 1 rings (SSSR count). The van der Waals surface area contributed by atoms with Crippen molar-refractivity contribution in [2.45, 2.75) is 46.6 Å². The summed E-state index contributed by atoms with van der Waals surface area (Å²) in [6.45, 7) is 11.9. The third kappa shape index (κ3) is 4.94. The number of nitrogens with zero attached hydrogens (tertiary/aromatic N) is 1. The van der Waals surface area contributed by atoms with Gasteiger partial charge in [0.25, 0.3) is 0 Å². The molecule has 18 heavy (non-hydrogen) atoms. The van der Waals surface area contributed by atoms with Crippen molar-refractivity contribution in [2.24, 2.45) is 17.1 Å². The third-order valence-electron chi connectivity index (χ3n) is 4.30. The first-order valence-corrected chi connectivity index (χ1v) is 7.06. The van der Waals surface area contributed by atoms with Gasteiger partial charge in [0.1, 0.15) is 0 Å². The van der Waals surface area contributed by atoms with E-state index in [0.29, 0.717) is 18.5 Å². The number of nitrogens with one attached hydrogen (secondary N) is 1. The van der Waals surface area contributed by atoms with Crippen molar-refractivity contribution < 1.29 is 4.79 Å². The minimum atomic E-state index is 0.138. The summed E-state index contributed by atoms with van der Waals surface area (Å²) in [6.07, 6.45) is 2.01. The Balaban J connectivity index is 2.26. The van der Waals surface area contributed by atoms with Crippen LogP contribution in [0.1, 0.15) is 40.5 Å². The Morgan fingerprint density at radius 2 is 1.94 bits per heavy atom. The van der Waals surface area contributed by atoms with Crippen molar-refractivity contribution in [1.82, 2.24) is 10.2 Å². The molecule has 4 nitrogen and oxygen atoms in total. The summed E-state index contributed by atoms with van der Waals surface area (Å²) in [7, 11) is 0. The zero-order chi connectivity index (χ0) is 13.8. The van der Waals surface area contributed by atoms with Gasteiger partial charge in [-0.1, -0.05) is 27.7 Å². The molecule has 1 fully saturated rings. The molecule has 1 heterocycles. The zero-order valence-electron chi connectivity index (χ0n) is 12.3. The Hall–Kier alpha value is -0.610. The van der Waals surface area contributed by atoms with Crippen LogP contribution >= 0.6 is 0 Å². The van der Waals surface area contributed by atoms with E-state index >= 15 is 0 Å². The number of rotatable bonds is 5. The molecule has 0 spiro atoms. The molecule has 1 aliphatic rings. The third-order valence-corrected chi connectivity index (χ3v) is 4.30. The molecular formula is C14H29N3O. The smallest absolute Gasteiger partial charge is 0.234 e. The number of carbonyl (C=O) groups excluding carboxylic acids is 1. The second-order valence-electron chi connectivity index (χ2n) is 6.53. The van der Waals surface area contributed by atoms with Gasteiger partial charge in [0.15, 0.2) is 0 Å². The first-order valence-electron chi connectivity index (χ1n) is 7.06. The lowest BCUT2D eigenvalue weighted by Crippen LogP contribution is -2.46. The van der Waals surface area contributed by atoms with Gasteiger partial charge in [0, 0.05) is 25.7 Å². The summed E-state index contributed by atoms with van der Waals surface area (Å²) < 4.78 is 0. The van der Waals surface area contributed by atoms with Gasteiger partial charge in [-0.2, -0.15) is 0 Å². The largest absolute Gasteiger partial charge is 0.354 e. The molecule has 0 bridgehead atoms. The number of nitrogens with two attached hydrogens (primary N) is 1. The maximum absolute atomic E-state index is 11.9. The number of likely N-dealkylation sites (tertiary alicyclic amines) is 1. The van der Waals surface area contributed by atoms with Crippen LogP contribution in [0.25, 0.3) is 0 Å². The van der Waals surface area contributed by atoms with Crippen LogP contribution in [-0.4, -0.2) is 43.0 Å². The van der Waals surface area contributed by atoms with E-state index in [4.69, 9.17) is 5.73 Å². The molecule has 0 aliphatic carbocycles. The molecule has 0 unspecified atom stereocenters. The molecule has 1 saturated heterocycles. The van der Waals surface area contributed by atoms with Gasteiger partial charge >= 0.3 is 0 Å². The van der Waals surface area contributed by atoms with Crippen molar-refractivity contribution >= 4 is 5.91 Å². The molecule has 0 aromatic rings. The molecule has 1 amide bonds. The SMILES string of the molecule is CC(C)C(C)(C)CNC(=O)CN1CCC(N)CC1. The van der Waals surface area contributed by atoms with E-state index in [2.05, 4.69) is 37.9 Å². The van der Waals surface area contributed by atoms with Crippen LogP contribution in [0.2, 0.25) is 0 Å². The van der Waals surface area contributed by atoms with Crippen molar-refractivity contribution in [2.75, 3.05) is 26.2 Å². The van der Waals surface area contributed by atoms with Crippen LogP contribution in [0.4, 0.5) is 0 Å². The Bertz CT molecular complexity index is 268. The van der Waals surface area contributed by atoms with Gasteiger partial charge in [0.05, 0.1) is 6.54 Å². The van der Waals surface area contributed by atoms with E-state index in [1.807, 2.05) is 0 Å². The molecule has 0 radical (unpaired) electrons. The van der Waals surface area contributed by atoms with Gasteiger partial charge in [-0.3, -0.25) is 9.69 Å². The van der Waals surface area contributed by atoms with E-state index in [-0.39, 0.29) is 11.3 Å². The Kier molecular flexibility index (Phi) is 5.60. The minimum absolute atomic E-state index is 0.138. The average molecular weight is 255 g/mol. The normalized spacial score (nSPS) is 19.2. The number of carbonyl (C=O) groups is 1. The quantitative estimate of drug-likeness (QED) is 0.776. The fraction of sp³-hybridized carbons (Fsp3) is 0.929. The summed E-state index contributed by atoms with van der Waals surface area (Å²) in [5.74, 6) is 0.699. The highest BCUT2D eigenvalue weighted by atomic mass is 16.2. The predicted molar refractivity (Wildman–Crippen MR) is 75.3 cm³/mol. The van der Waals surface area contributed by atoms with E-state index in [0.717, 1.165) is 32.5 Å². The first kappa shape index (κ1) is 15.4. The van der Waals surface area contributed by atoms with Crippen LogP contribution in [0.3, 0.4) is 0 Å². The monoisotopic (exact) mass is 255 g/mol. The minimum Gasteiger partial charge on any atom is -0.354 e. The van der Waals surface area contributed by atoms with Crippen LogP contribution in [0, 0.1) is 11.3 Å². The standard InChI is InChI=1S/C14H29N3O/c1-11(2)14(3,4)10-16-13(18)9-17-7-5-12(15)6-8-17/h11-12H,5-10,15H2,1-4H3,(H,16,18). The molecule has 0 atom stereocenters. The van der Waals surface area contributed by atoms with Crippen molar-refractivity contribution in [1.29, 1.82) is 0 Å². The molecule has 0 aromatic carbocycles. The summed E-state index contributed by atoms with van der Waals surface area (Å²) >= 11 is 0. The van der Waals surface area contributed by atoms with Crippen LogP contribution in [0.5, 0.6) is 0 Å². The summed E-state index contributed by atoms with van der Waals surface area (Å²) in [6, 6.07) is 0.323. The summed E-state index contributed by atoms with van der Waals surface area (Å²) in [5.41, 5.74) is 6.00. The number of hydrogen-bond donors (Lipinski definition) is 2. The molecular weight excluding hydrogens is 226 g/mol. The Labute approximate surface area is 111 Å². The highest BCUT2D eigenvalue weighted by molar-refractivity contribution is 5.78. The van der Waals surface area contributed by atoms with Crippen molar-refractivity contribution in [3.8, 4) is 0 Å². The number of amides is 1. The van der Waals surface area contributed by atoms with Crippen LogP contribution < -0.4 is 11.1 Å². The second-order valence-corrected chi connectivity index (χ2v) is 6.53.